The third kappa shape index (κ3) is 4.21. The molecule has 1 aromatic heterocycles. The number of aryl methyl sites for hydroxylation is 1. The molecule has 0 spiro atoms. The Bertz CT molecular complexity index is 801. The molecule has 0 aliphatic heterocycles. The lowest BCUT2D eigenvalue weighted by Gasteiger charge is -2.11. The van der Waals surface area contributed by atoms with Crippen molar-refractivity contribution in [1.82, 2.24) is 10.5 Å². The largest absolute Gasteiger partial charge is 0.480 e. The molecule has 134 valence electrons. The molecule has 1 aromatic carbocycles. The Hall–Kier alpha value is -2.74. The van der Waals surface area contributed by atoms with Crippen molar-refractivity contribution in [3.63, 3.8) is 0 Å². The van der Waals surface area contributed by atoms with Gasteiger partial charge in [-0.2, -0.15) is 0 Å². The normalized spacial score (nSPS) is 12.2. The number of halogens is 1. The third-order valence-electron chi connectivity index (χ3n) is 3.66. The molecule has 0 unspecified atom stereocenters. The van der Waals surface area contributed by atoms with Crippen LogP contribution >= 0.6 is 0 Å². The molecule has 0 aliphatic carbocycles. The molecule has 8 heteroatoms. The first-order valence-corrected chi connectivity index (χ1v) is 7.74. The molecule has 1 amide bonds. The highest BCUT2D eigenvalue weighted by molar-refractivity contribution is 5.96. The number of aromatic nitrogens is 1. The van der Waals surface area contributed by atoms with Gasteiger partial charge in [0.1, 0.15) is 17.6 Å². The van der Waals surface area contributed by atoms with Gasteiger partial charge < -0.3 is 20.7 Å². The van der Waals surface area contributed by atoms with Crippen molar-refractivity contribution in [2.24, 2.45) is 5.73 Å². The van der Waals surface area contributed by atoms with E-state index in [9.17, 15) is 14.0 Å². The van der Waals surface area contributed by atoms with Gasteiger partial charge in [0.2, 0.25) is 0 Å². The second kappa shape index (κ2) is 7.43. The Kier molecular flexibility index (Phi) is 5.53. The van der Waals surface area contributed by atoms with Crippen LogP contribution in [0.4, 0.5) is 4.39 Å². The van der Waals surface area contributed by atoms with E-state index in [1.165, 1.54) is 12.1 Å². The van der Waals surface area contributed by atoms with Gasteiger partial charge in [-0.1, -0.05) is 19.0 Å². The summed E-state index contributed by atoms with van der Waals surface area (Å²) in [6.45, 7) is 5.32. The minimum atomic E-state index is -1.23. The summed E-state index contributed by atoms with van der Waals surface area (Å²) < 4.78 is 19.3. The highest BCUT2D eigenvalue weighted by atomic mass is 19.1. The number of benzene rings is 1. The zero-order valence-electron chi connectivity index (χ0n) is 14.2. The van der Waals surface area contributed by atoms with Crippen LogP contribution in [0, 0.1) is 12.7 Å². The first kappa shape index (κ1) is 18.6. The fraction of sp³-hybridized carbons (Fsp3) is 0.353. The van der Waals surface area contributed by atoms with E-state index in [1.807, 2.05) is 13.8 Å². The molecule has 2 aromatic rings. The van der Waals surface area contributed by atoms with Crippen LogP contribution in [-0.4, -0.2) is 34.7 Å². The van der Waals surface area contributed by atoms with E-state index in [4.69, 9.17) is 15.4 Å². The Morgan fingerprint density at radius 1 is 1.36 bits per heavy atom. The van der Waals surface area contributed by atoms with E-state index >= 15 is 0 Å². The fourth-order valence-electron chi connectivity index (χ4n) is 2.39. The van der Waals surface area contributed by atoms with Gasteiger partial charge in [-0.3, -0.25) is 9.59 Å². The number of hydrogen-bond acceptors (Lipinski definition) is 5. The Labute approximate surface area is 144 Å². The number of amides is 1. The van der Waals surface area contributed by atoms with Crippen molar-refractivity contribution < 1.29 is 23.6 Å². The van der Waals surface area contributed by atoms with Crippen LogP contribution in [0.3, 0.4) is 0 Å². The van der Waals surface area contributed by atoms with Crippen LogP contribution in [0.2, 0.25) is 0 Å². The number of carbonyl (C=O) groups is 2. The molecule has 0 radical (unpaired) electrons. The van der Waals surface area contributed by atoms with Crippen LogP contribution < -0.4 is 11.1 Å². The maximum absolute atomic E-state index is 14.0. The number of carbonyl (C=O) groups excluding carboxylic acids is 1. The minimum absolute atomic E-state index is 0.0327. The molecule has 25 heavy (non-hydrogen) atoms. The first-order valence-electron chi connectivity index (χ1n) is 7.74. The summed E-state index contributed by atoms with van der Waals surface area (Å²) in [6, 6.07) is 2.65. The predicted molar refractivity (Wildman–Crippen MR) is 88.7 cm³/mol. The van der Waals surface area contributed by atoms with Gasteiger partial charge in [0.25, 0.3) is 5.91 Å². The summed E-state index contributed by atoms with van der Waals surface area (Å²) in [5, 5.41) is 15.0. The molecule has 7 nitrogen and oxygen atoms in total. The molecule has 0 saturated carbocycles. The van der Waals surface area contributed by atoms with Crippen LogP contribution in [0.5, 0.6) is 0 Å². The van der Waals surface area contributed by atoms with Gasteiger partial charge in [-0.05, 0) is 30.7 Å². The van der Waals surface area contributed by atoms with E-state index in [-0.39, 0.29) is 18.0 Å². The lowest BCUT2D eigenvalue weighted by atomic mass is 9.96. The Morgan fingerprint density at radius 3 is 2.64 bits per heavy atom. The maximum atomic E-state index is 14.0. The number of nitrogens with two attached hydrogens (primary N) is 1. The molecule has 4 N–H and O–H groups in total. The summed E-state index contributed by atoms with van der Waals surface area (Å²) >= 11 is 0. The average molecular weight is 349 g/mol. The van der Waals surface area contributed by atoms with Gasteiger partial charge in [-0.25, -0.2) is 4.39 Å². The van der Waals surface area contributed by atoms with E-state index in [1.54, 1.807) is 6.92 Å². The number of carboxylic acids is 1. The lowest BCUT2D eigenvalue weighted by Crippen LogP contribution is -2.42. The van der Waals surface area contributed by atoms with Crippen molar-refractivity contribution in [2.45, 2.75) is 32.7 Å². The number of carboxylic acid groups (broad SMARTS) is 1. The highest BCUT2D eigenvalue weighted by Crippen LogP contribution is 2.33. The zero-order valence-corrected chi connectivity index (χ0v) is 14.2. The summed E-state index contributed by atoms with van der Waals surface area (Å²) in [5.74, 6) is -1.81. The predicted octanol–water partition coefficient (Wildman–Crippen LogP) is 2.05. The van der Waals surface area contributed by atoms with Gasteiger partial charge in [0.05, 0.1) is 5.69 Å². The van der Waals surface area contributed by atoms with Gasteiger partial charge in [0, 0.05) is 23.6 Å². The SMILES string of the molecule is Cc1noc(C(C)C)c1-c1cc(F)cc(C(=O)NC[C@@H](N)C(=O)O)c1. The monoisotopic (exact) mass is 349 g/mol. The van der Waals surface area contributed by atoms with E-state index in [2.05, 4.69) is 10.5 Å². The van der Waals surface area contributed by atoms with Crippen molar-refractivity contribution in [1.29, 1.82) is 0 Å². The van der Waals surface area contributed by atoms with Gasteiger partial charge >= 0.3 is 5.97 Å². The van der Waals surface area contributed by atoms with Gasteiger partial charge in [0.15, 0.2) is 0 Å². The molecule has 0 fully saturated rings. The number of aliphatic carboxylic acids is 1. The van der Waals surface area contributed by atoms with E-state index in [0.29, 0.717) is 22.6 Å². The summed E-state index contributed by atoms with van der Waals surface area (Å²) in [6.07, 6.45) is 0. The highest BCUT2D eigenvalue weighted by Gasteiger charge is 2.20. The second-order valence-electron chi connectivity index (χ2n) is 6.05. The number of hydrogen-bond donors (Lipinski definition) is 3. The second-order valence-corrected chi connectivity index (χ2v) is 6.05. The minimum Gasteiger partial charge on any atom is -0.480 e. The summed E-state index contributed by atoms with van der Waals surface area (Å²) in [5.41, 5.74) is 7.11. The van der Waals surface area contributed by atoms with Crippen molar-refractivity contribution >= 4 is 11.9 Å². The number of nitrogens with one attached hydrogen (secondary N) is 1. The Morgan fingerprint density at radius 2 is 2.04 bits per heavy atom. The van der Waals surface area contributed by atoms with E-state index in [0.717, 1.165) is 6.07 Å². The first-order chi connectivity index (χ1) is 11.7. The summed E-state index contributed by atoms with van der Waals surface area (Å²) in [4.78, 5) is 22.9. The summed E-state index contributed by atoms with van der Waals surface area (Å²) in [7, 11) is 0. The number of rotatable bonds is 6. The molecule has 1 heterocycles. The Balaban J connectivity index is 2.34. The lowest BCUT2D eigenvalue weighted by molar-refractivity contribution is -0.138. The third-order valence-corrected chi connectivity index (χ3v) is 3.66. The van der Waals surface area contributed by atoms with Crippen LogP contribution in [0.15, 0.2) is 22.7 Å². The standard InChI is InChI=1S/C17H20FN3O4/c1-8(2)15-14(9(3)21-25-15)10-4-11(6-12(18)5-10)16(22)20-7-13(19)17(23)24/h4-6,8,13H,7,19H2,1-3H3,(H,20,22)(H,23,24)/t13-/m1/s1. The molecule has 2 rings (SSSR count). The van der Waals surface area contributed by atoms with E-state index < -0.39 is 23.7 Å². The van der Waals surface area contributed by atoms with Crippen LogP contribution in [-0.2, 0) is 4.79 Å². The smallest absolute Gasteiger partial charge is 0.322 e. The van der Waals surface area contributed by atoms with Crippen LogP contribution in [0.1, 0.15) is 41.6 Å². The molecule has 1 atom stereocenters. The maximum Gasteiger partial charge on any atom is 0.322 e. The zero-order chi connectivity index (χ0) is 18.7. The molecule has 0 bridgehead atoms. The molecular formula is C17H20FN3O4. The van der Waals surface area contributed by atoms with Crippen molar-refractivity contribution in [3.8, 4) is 11.1 Å². The van der Waals surface area contributed by atoms with Gasteiger partial charge in [-0.15, -0.1) is 0 Å². The van der Waals surface area contributed by atoms with Crippen molar-refractivity contribution in [3.05, 3.63) is 41.0 Å². The molecular weight excluding hydrogens is 329 g/mol. The number of nitrogens with zero attached hydrogens (tertiary/aromatic N) is 1. The fourth-order valence-corrected chi connectivity index (χ4v) is 2.39. The van der Waals surface area contributed by atoms with Crippen molar-refractivity contribution in [2.75, 3.05) is 6.54 Å². The molecule has 0 aliphatic rings. The molecule has 0 saturated heterocycles. The quantitative estimate of drug-likeness (QED) is 0.734. The average Bonchev–Trinajstić information content (AvgIpc) is 2.93. The van der Waals surface area contributed by atoms with Crippen LogP contribution in [0.25, 0.3) is 11.1 Å². The topological polar surface area (TPSA) is 118 Å².